The normalized spacial score (nSPS) is 11.7. The van der Waals surface area contributed by atoms with Crippen molar-refractivity contribution >= 4 is 109 Å². The van der Waals surface area contributed by atoms with E-state index >= 15 is 0 Å². The number of aromatic nitrogens is 2. The molecule has 21 aromatic rings. The van der Waals surface area contributed by atoms with E-state index in [0.717, 1.165) is 111 Å². The lowest BCUT2D eigenvalue weighted by atomic mass is 9.86. The third-order valence-corrected chi connectivity index (χ3v) is 21.1. The van der Waals surface area contributed by atoms with Crippen LogP contribution in [0, 0.1) is 0 Å². The summed E-state index contributed by atoms with van der Waals surface area (Å²) in [6.07, 6.45) is 4.03. The maximum Gasteiger partial charge on any atom is 0.143 e. The maximum atomic E-state index is 6.47. The van der Waals surface area contributed by atoms with Crippen LogP contribution in [-0.4, -0.2) is 9.97 Å². The summed E-state index contributed by atoms with van der Waals surface area (Å²) in [7, 11) is 0. The van der Waals surface area contributed by atoms with E-state index in [1.807, 2.05) is 12.4 Å². The van der Waals surface area contributed by atoms with Crippen LogP contribution < -0.4 is 0 Å². The molecule has 0 saturated heterocycles. The van der Waals surface area contributed by atoms with Gasteiger partial charge in [-0.05, 0) is 163 Å². The van der Waals surface area contributed by atoms with Gasteiger partial charge in [0.2, 0.25) is 0 Å². The molecule has 4 aromatic heterocycles. The third kappa shape index (κ3) is 10.3. The number of pyridine rings is 2. The molecule has 4 heterocycles. The highest BCUT2D eigenvalue weighted by molar-refractivity contribution is 6.24. The predicted molar refractivity (Wildman–Crippen MR) is 437 cm³/mol. The van der Waals surface area contributed by atoms with Gasteiger partial charge in [0.25, 0.3) is 0 Å². The van der Waals surface area contributed by atoms with E-state index in [0.29, 0.717) is 0 Å². The van der Waals surface area contributed by atoms with Crippen molar-refractivity contribution in [2.24, 2.45) is 0 Å². The summed E-state index contributed by atoms with van der Waals surface area (Å²) in [5.74, 6) is 0. The molecule has 0 atom stereocenters. The van der Waals surface area contributed by atoms with E-state index in [9.17, 15) is 0 Å². The molecule has 0 radical (unpaired) electrons. The smallest absolute Gasteiger partial charge is 0.143 e. The molecular formula is C100H62N2O2. The van der Waals surface area contributed by atoms with Crippen LogP contribution in [0.5, 0.6) is 0 Å². The summed E-state index contributed by atoms with van der Waals surface area (Å²) < 4.78 is 12.8. The lowest BCUT2D eigenvalue weighted by molar-refractivity contribution is 0.672. The molecule has 17 aromatic carbocycles. The van der Waals surface area contributed by atoms with Crippen LogP contribution in [0.15, 0.2) is 385 Å². The van der Waals surface area contributed by atoms with Crippen molar-refractivity contribution in [2.75, 3.05) is 0 Å². The van der Waals surface area contributed by atoms with Crippen LogP contribution in [0.25, 0.3) is 209 Å². The standard InChI is InChI=1S/C53H33NO.C47H29NO/c1-2-10-34(11-3-1)35-22-24-39(25-23-35)51-43-14-6-8-16-45(43)52(46-17-9-7-15-44(46)51)49-30-27-41(33-54-49)37-20-18-36(19-21-37)40-28-31-50-48(32-40)47-29-26-38-12-4-5-13-42(38)53(47)55-50;1-2-11-30(12-3-1)31-21-23-33(24-22-31)44-37-15-6-8-17-39(37)45(40-18-9-7-16-38(40)44)42-28-26-34(29-48-42)35-19-10-20-43-46(35)41-27-25-32-13-4-5-14-36(32)47(41)49-43/h1-33H;1-29H. The SMILES string of the molecule is c1ccc(-c2ccc(-c3c4ccccc4c(-c4ccc(-c5ccc(-c6ccc7oc8c9ccccc9ccc8c7c6)cc5)cn4)c4ccccc34)cc2)cc1.c1ccc(-c2ccc(-c3c4ccccc4c(-c4ccc(-c5cccc6oc7c8ccccc8ccc7c56)cn4)c4ccccc34)cc2)cc1. The number of nitrogens with zero attached hydrogens (tertiary/aromatic N) is 2. The molecular weight excluding hydrogens is 1260 g/mol. The van der Waals surface area contributed by atoms with Crippen molar-refractivity contribution in [3.63, 3.8) is 0 Å². The summed E-state index contributed by atoms with van der Waals surface area (Å²) in [4.78, 5) is 10.3. The molecule has 4 nitrogen and oxygen atoms in total. The average Bonchev–Trinajstić information content (AvgIpc) is 1.03. The minimum atomic E-state index is 0.886. The number of hydrogen-bond acceptors (Lipinski definition) is 4. The molecule has 0 N–H and O–H groups in total. The second-order valence-electron chi connectivity index (χ2n) is 26.9. The van der Waals surface area contributed by atoms with Crippen molar-refractivity contribution in [2.45, 2.75) is 0 Å². The molecule has 4 heteroatoms. The highest BCUT2D eigenvalue weighted by Crippen LogP contribution is 2.48. The Morgan fingerprint density at radius 2 is 0.529 bits per heavy atom. The van der Waals surface area contributed by atoms with Crippen molar-refractivity contribution < 1.29 is 8.83 Å². The molecule has 0 spiro atoms. The minimum absolute atomic E-state index is 0.886. The van der Waals surface area contributed by atoms with Crippen LogP contribution in [0.2, 0.25) is 0 Å². The number of furan rings is 2. The maximum absolute atomic E-state index is 6.47. The van der Waals surface area contributed by atoms with Crippen molar-refractivity contribution in [3.8, 4) is 100 Å². The molecule has 0 fully saturated rings. The number of hydrogen-bond donors (Lipinski definition) is 0. The van der Waals surface area contributed by atoms with Gasteiger partial charge in [-0.2, -0.15) is 0 Å². The van der Waals surface area contributed by atoms with E-state index < -0.39 is 0 Å². The van der Waals surface area contributed by atoms with E-state index in [2.05, 4.69) is 364 Å². The molecule has 484 valence electrons. The summed E-state index contributed by atoms with van der Waals surface area (Å²) in [5, 5.41) is 18.8. The Kier molecular flexibility index (Phi) is 14.5. The van der Waals surface area contributed by atoms with E-state index in [1.54, 1.807) is 0 Å². The highest BCUT2D eigenvalue weighted by atomic mass is 16.3. The van der Waals surface area contributed by atoms with Crippen LogP contribution in [0.3, 0.4) is 0 Å². The Bertz CT molecular complexity index is 6780. The van der Waals surface area contributed by atoms with E-state index in [4.69, 9.17) is 18.8 Å². The van der Waals surface area contributed by atoms with E-state index in [-0.39, 0.29) is 0 Å². The molecule has 0 bridgehead atoms. The number of fused-ring (bicyclic) bond motifs is 14. The quantitative estimate of drug-likeness (QED) is 0.135. The Labute approximate surface area is 600 Å². The molecule has 104 heavy (non-hydrogen) atoms. The van der Waals surface area contributed by atoms with Crippen molar-refractivity contribution in [3.05, 3.63) is 376 Å². The first-order chi connectivity index (χ1) is 51.6. The van der Waals surface area contributed by atoms with Gasteiger partial charge in [-0.25, -0.2) is 0 Å². The van der Waals surface area contributed by atoms with Gasteiger partial charge in [-0.3, -0.25) is 9.97 Å². The first-order valence-electron chi connectivity index (χ1n) is 35.5. The van der Waals surface area contributed by atoms with Gasteiger partial charge < -0.3 is 8.83 Å². The summed E-state index contributed by atoms with van der Waals surface area (Å²) >= 11 is 0. The van der Waals surface area contributed by atoms with Crippen molar-refractivity contribution in [1.82, 2.24) is 9.97 Å². The minimum Gasteiger partial charge on any atom is -0.455 e. The van der Waals surface area contributed by atoms with Crippen LogP contribution in [0.1, 0.15) is 0 Å². The summed E-state index contributed by atoms with van der Waals surface area (Å²) in [6.45, 7) is 0. The molecule has 0 aliphatic carbocycles. The lowest BCUT2D eigenvalue weighted by Crippen LogP contribution is -1.93. The Morgan fingerprint density at radius 1 is 0.183 bits per heavy atom. The molecule has 0 aliphatic rings. The third-order valence-electron chi connectivity index (χ3n) is 21.1. The molecule has 21 rings (SSSR count). The molecule has 0 amide bonds. The zero-order chi connectivity index (χ0) is 68.6. The van der Waals surface area contributed by atoms with Gasteiger partial charge >= 0.3 is 0 Å². The Hall–Kier alpha value is -13.8. The van der Waals surface area contributed by atoms with Gasteiger partial charge in [-0.15, -0.1) is 0 Å². The fraction of sp³-hybridized carbons (Fsp3) is 0. The second-order valence-corrected chi connectivity index (χ2v) is 26.9. The van der Waals surface area contributed by atoms with Crippen LogP contribution in [-0.2, 0) is 0 Å². The van der Waals surface area contributed by atoms with Gasteiger partial charge in [0.15, 0.2) is 0 Å². The summed E-state index contributed by atoms with van der Waals surface area (Å²) in [6, 6.07) is 130. The van der Waals surface area contributed by atoms with Crippen LogP contribution in [0.4, 0.5) is 0 Å². The van der Waals surface area contributed by atoms with Gasteiger partial charge in [0.05, 0.1) is 11.4 Å². The molecule has 0 unspecified atom stereocenters. The lowest BCUT2D eigenvalue weighted by Gasteiger charge is -2.17. The monoisotopic (exact) mass is 1320 g/mol. The van der Waals surface area contributed by atoms with Gasteiger partial charge in [0.1, 0.15) is 22.3 Å². The fourth-order valence-corrected chi connectivity index (χ4v) is 16.1. The second kappa shape index (κ2) is 25.1. The fourth-order valence-electron chi connectivity index (χ4n) is 16.1. The van der Waals surface area contributed by atoms with E-state index in [1.165, 1.54) is 98.4 Å². The molecule has 0 saturated carbocycles. The van der Waals surface area contributed by atoms with Gasteiger partial charge in [-0.1, -0.05) is 322 Å². The number of rotatable bonds is 9. The Morgan fingerprint density at radius 3 is 0.990 bits per heavy atom. The molecule has 0 aliphatic heterocycles. The first-order valence-corrected chi connectivity index (χ1v) is 35.5. The van der Waals surface area contributed by atoms with Crippen molar-refractivity contribution in [1.29, 1.82) is 0 Å². The zero-order valence-electron chi connectivity index (χ0n) is 56.5. The first kappa shape index (κ1) is 60.2. The number of benzene rings is 17. The zero-order valence-corrected chi connectivity index (χ0v) is 56.5. The van der Waals surface area contributed by atoms with Gasteiger partial charge in [0, 0.05) is 67.0 Å². The largest absolute Gasteiger partial charge is 0.455 e. The van der Waals surface area contributed by atoms with Crippen LogP contribution >= 0.6 is 0 Å². The average molecular weight is 1320 g/mol. The highest BCUT2D eigenvalue weighted by Gasteiger charge is 2.22. The topological polar surface area (TPSA) is 52.1 Å². The Balaban J connectivity index is 0.000000139. The summed E-state index contributed by atoms with van der Waals surface area (Å²) in [5.41, 5.74) is 24.4. The predicted octanol–water partition coefficient (Wildman–Crippen LogP) is 27.9.